The highest BCUT2D eigenvalue weighted by Crippen LogP contribution is 2.17. The van der Waals surface area contributed by atoms with Crippen molar-refractivity contribution in [3.63, 3.8) is 0 Å². The number of pyridine rings is 2. The Labute approximate surface area is 118 Å². The number of aromatic nitrogens is 2. The summed E-state index contributed by atoms with van der Waals surface area (Å²) in [7, 11) is 0. The Hall–Kier alpha value is -1.46. The molecule has 0 spiro atoms. The molecule has 1 amide bonds. The molecule has 0 bridgehead atoms. The number of amides is 1. The van der Waals surface area contributed by atoms with Crippen LogP contribution in [0.15, 0.2) is 35.2 Å². The molecule has 0 atom stereocenters. The topological polar surface area (TPSA) is 54.9 Å². The molecular formula is C12H9BrClN3O. The normalized spacial score (nSPS) is 10.2. The van der Waals surface area contributed by atoms with Crippen LogP contribution in [0.25, 0.3) is 0 Å². The number of rotatable bonds is 2. The Morgan fingerprint density at radius 1 is 1.33 bits per heavy atom. The molecule has 0 fully saturated rings. The van der Waals surface area contributed by atoms with Crippen LogP contribution < -0.4 is 5.32 Å². The van der Waals surface area contributed by atoms with Gasteiger partial charge in [-0.25, -0.2) is 9.97 Å². The lowest BCUT2D eigenvalue weighted by Gasteiger charge is -2.06. The summed E-state index contributed by atoms with van der Waals surface area (Å²) in [4.78, 5) is 19.8. The maximum Gasteiger partial charge on any atom is 0.257 e. The predicted octanol–water partition coefficient (Wildman–Crippen LogP) is 3.45. The van der Waals surface area contributed by atoms with E-state index in [0.717, 1.165) is 10.2 Å². The van der Waals surface area contributed by atoms with Crippen molar-refractivity contribution >= 4 is 39.1 Å². The second kappa shape index (κ2) is 5.46. The fourth-order valence-electron chi connectivity index (χ4n) is 1.34. The highest BCUT2D eigenvalue weighted by atomic mass is 79.9. The second-order valence-electron chi connectivity index (χ2n) is 3.66. The van der Waals surface area contributed by atoms with E-state index in [4.69, 9.17) is 11.6 Å². The Bertz CT molecular complexity index is 586. The Morgan fingerprint density at radius 3 is 2.72 bits per heavy atom. The summed E-state index contributed by atoms with van der Waals surface area (Å²) in [6, 6.07) is 5.02. The Morgan fingerprint density at radius 2 is 2.11 bits per heavy atom. The first kappa shape index (κ1) is 13.0. The smallest absolute Gasteiger partial charge is 0.257 e. The van der Waals surface area contributed by atoms with Crippen molar-refractivity contribution in [1.29, 1.82) is 0 Å². The molecule has 92 valence electrons. The van der Waals surface area contributed by atoms with E-state index in [1.807, 2.05) is 13.0 Å². The van der Waals surface area contributed by atoms with Crippen molar-refractivity contribution in [3.05, 3.63) is 51.5 Å². The van der Waals surface area contributed by atoms with E-state index < -0.39 is 0 Å². The van der Waals surface area contributed by atoms with Gasteiger partial charge in [-0.3, -0.25) is 4.79 Å². The van der Waals surface area contributed by atoms with Gasteiger partial charge in [-0.15, -0.1) is 0 Å². The first-order valence-corrected chi connectivity index (χ1v) is 6.28. The van der Waals surface area contributed by atoms with Crippen LogP contribution in [0.1, 0.15) is 15.9 Å². The van der Waals surface area contributed by atoms with Crippen LogP contribution in [0, 0.1) is 6.92 Å². The molecule has 2 aromatic heterocycles. The molecule has 2 aromatic rings. The van der Waals surface area contributed by atoms with E-state index in [-0.39, 0.29) is 5.91 Å². The number of halogens is 2. The van der Waals surface area contributed by atoms with E-state index in [9.17, 15) is 4.79 Å². The van der Waals surface area contributed by atoms with Crippen LogP contribution in [-0.2, 0) is 0 Å². The van der Waals surface area contributed by atoms with Crippen LogP contribution >= 0.6 is 27.5 Å². The van der Waals surface area contributed by atoms with Gasteiger partial charge in [0, 0.05) is 6.20 Å². The third-order valence-corrected chi connectivity index (χ3v) is 3.32. The second-order valence-corrected chi connectivity index (χ2v) is 4.79. The molecule has 0 radical (unpaired) electrons. The highest BCUT2D eigenvalue weighted by Gasteiger charge is 2.07. The molecule has 18 heavy (non-hydrogen) atoms. The molecule has 0 saturated carbocycles. The Balaban J connectivity index is 2.16. The SMILES string of the molecule is Cc1cc(NC(=O)c2ccc(Cl)nc2)cnc1Br. The summed E-state index contributed by atoms with van der Waals surface area (Å²) in [5.41, 5.74) is 2.03. The largest absolute Gasteiger partial charge is 0.321 e. The van der Waals surface area contributed by atoms with E-state index >= 15 is 0 Å². The van der Waals surface area contributed by atoms with Gasteiger partial charge >= 0.3 is 0 Å². The number of carbonyl (C=O) groups excluding carboxylic acids is 1. The molecule has 0 aliphatic carbocycles. The monoisotopic (exact) mass is 325 g/mol. The molecule has 6 heteroatoms. The van der Waals surface area contributed by atoms with Gasteiger partial charge < -0.3 is 5.32 Å². The molecule has 4 nitrogen and oxygen atoms in total. The summed E-state index contributed by atoms with van der Waals surface area (Å²) in [5.74, 6) is -0.248. The minimum atomic E-state index is -0.248. The fourth-order valence-corrected chi connectivity index (χ4v) is 1.67. The summed E-state index contributed by atoms with van der Waals surface area (Å²) < 4.78 is 0.758. The van der Waals surface area contributed by atoms with E-state index in [2.05, 4.69) is 31.2 Å². The van der Waals surface area contributed by atoms with Crippen molar-refractivity contribution in [2.24, 2.45) is 0 Å². The van der Waals surface area contributed by atoms with Crippen LogP contribution in [0.3, 0.4) is 0 Å². The molecule has 2 rings (SSSR count). The lowest BCUT2D eigenvalue weighted by atomic mass is 10.2. The average molecular weight is 327 g/mol. The fraction of sp³-hybridized carbons (Fsp3) is 0.0833. The molecule has 0 aliphatic heterocycles. The lowest BCUT2D eigenvalue weighted by Crippen LogP contribution is -2.12. The number of aryl methyl sites for hydroxylation is 1. The first-order valence-electron chi connectivity index (χ1n) is 5.11. The minimum Gasteiger partial charge on any atom is -0.321 e. The minimum absolute atomic E-state index is 0.248. The zero-order valence-electron chi connectivity index (χ0n) is 9.45. The molecule has 0 saturated heterocycles. The maximum absolute atomic E-state index is 11.9. The van der Waals surface area contributed by atoms with E-state index in [1.165, 1.54) is 6.20 Å². The van der Waals surface area contributed by atoms with Gasteiger partial charge in [0.2, 0.25) is 0 Å². The Kier molecular flexibility index (Phi) is 3.93. The molecule has 0 unspecified atom stereocenters. The molecule has 2 heterocycles. The molecular weight excluding hydrogens is 318 g/mol. The van der Waals surface area contributed by atoms with Gasteiger partial charge in [-0.1, -0.05) is 11.6 Å². The zero-order chi connectivity index (χ0) is 13.1. The zero-order valence-corrected chi connectivity index (χ0v) is 11.8. The van der Waals surface area contributed by atoms with Crippen LogP contribution in [0.2, 0.25) is 5.15 Å². The number of anilines is 1. The van der Waals surface area contributed by atoms with Crippen molar-refractivity contribution in [2.45, 2.75) is 6.92 Å². The van der Waals surface area contributed by atoms with Gasteiger partial charge in [0.05, 0.1) is 17.4 Å². The standard InChI is InChI=1S/C12H9BrClN3O/c1-7-4-9(6-16-11(7)13)17-12(18)8-2-3-10(14)15-5-8/h2-6H,1H3,(H,17,18). The van der Waals surface area contributed by atoms with E-state index in [1.54, 1.807) is 18.3 Å². The number of carbonyl (C=O) groups is 1. The molecule has 0 aliphatic rings. The van der Waals surface area contributed by atoms with Gasteiger partial charge in [0.15, 0.2) is 0 Å². The van der Waals surface area contributed by atoms with Crippen LogP contribution in [0.5, 0.6) is 0 Å². The van der Waals surface area contributed by atoms with Crippen molar-refractivity contribution in [1.82, 2.24) is 9.97 Å². The summed E-state index contributed by atoms with van der Waals surface area (Å²) in [5, 5.41) is 3.09. The number of nitrogens with one attached hydrogen (secondary N) is 1. The highest BCUT2D eigenvalue weighted by molar-refractivity contribution is 9.10. The first-order chi connectivity index (χ1) is 8.56. The van der Waals surface area contributed by atoms with Gasteiger partial charge in [0.25, 0.3) is 5.91 Å². The third kappa shape index (κ3) is 3.05. The summed E-state index contributed by atoms with van der Waals surface area (Å²) >= 11 is 8.96. The van der Waals surface area contributed by atoms with Gasteiger partial charge in [-0.2, -0.15) is 0 Å². The average Bonchev–Trinajstić information content (AvgIpc) is 2.34. The van der Waals surface area contributed by atoms with Crippen molar-refractivity contribution < 1.29 is 4.79 Å². The predicted molar refractivity (Wildman–Crippen MR) is 73.9 cm³/mol. The lowest BCUT2D eigenvalue weighted by molar-refractivity contribution is 0.102. The van der Waals surface area contributed by atoms with Gasteiger partial charge in [0.1, 0.15) is 9.76 Å². The quantitative estimate of drug-likeness (QED) is 0.860. The number of nitrogens with zero attached hydrogens (tertiary/aromatic N) is 2. The molecule has 1 N–H and O–H groups in total. The third-order valence-electron chi connectivity index (χ3n) is 2.26. The molecule has 0 aromatic carbocycles. The number of hydrogen-bond donors (Lipinski definition) is 1. The van der Waals surface area contributed by atoms with Crippen molar-refractivity contribution in [2.75, 3.05) is 5.32 Å². The van der Waals surface area contributed by atoms with E-state index in [0.29, 0.717) is 16.4 Å². The summed E-state index contributed by atoms with van der Waals surface area (Å²) in [6.45, 7) is 1.90. The van der Waals surface area contributed by atoms with Crippen LogP contribution in [0.4, 0.5) is 5.69 Å². The number of hydrogen-bond acceptors (Lipinski definition) is 3. The summed E-state index contributed by atoms with van der Waals surface area (Å²) in [6.07, 6.45) is 3.01. The van der Waals surface area contributed by atoms with Crippen molar-refractivity contribution in [3.8, 4) is 0 Å². The van der Waals surface area contributed by atoms with Gasteiger partial charge in [-0.05, 0) is 46.6 Å². The van der Waals surface area contributed by atoms with Crippen LogP contribution in [-0.4, -0.2) is 15.9 Å². The maximum atomic E-state index is 11.9.